The standard InChI is InChI=1S/C19H15Cl2N5O/c1-12-17(18(21)26(24-12)15-5-3-2-4-6-15)19(27)22-9-14-11-25-10-13(20)7-8-16(25)23-14/h2-8,10-11H,9H2,1H3,(H,22,27). The van der Waals surface area contributed by atoms with Crippen molar-refractivity contribution in [3.8, 4) is 5.69 Å². The first-order valence-corrected chi connectivity index (χ1v) is 9.00. The number of nitrogens with one attached hydrogen (secondary N) is 1. The highest BCUT2D eigenvalue weighted by Crippen LogP contribution is 2.23. The van der Waals surface area contributed by atoms with E-state index in [0.717, 1.165) is 17.0 Å². The lowest BCUT2D eigenvalue weighted by molar-refractivity contribution is 0.0950. The van der Waals surface area contributed by atoms with Crippen molar-refractivity contribution < 1.29 is 4.79 Å². The molecular weight excluding hydrogens is 385 g/mol. The van der Waals surface area contributed by atoms with Crippen molar-refractivity contribution in [1.29, 1.82) is 0 Å². The molecular formula is C19H15Cl2N5O. The minimum absolute atomic E-state index is 0.268. The molecule has 0 aliphatic rings. The Balaban J connectivity index is 1.55. The van der Waals surface area contributed by atoms with E-state index >= 15 is 0 Å². The number of fused-ring (bicyclic) bond motifs is 1. The molecule has 8 heteroatoms. The summed E-state index contributed by atoms with van der Waals surface area (Å²) >= 11 is 12.4. The molecule has 136 valence electrons. The van der Waals surface area contributed by atoms with Gasteiger partial charge in [0.25, 0.3) is 5.91 Å². The fraction of sp³-hybridized carbons (Fsp3) is 0.105. The van der Waals surface area contributed by atoms with Gasteiger partial charge in [-0.2, -0.15) is 5.10 Å². The Bertz CT molecular complexity index is 1130. The fourth-order valence-electron chi connectivity index (χ4n) is 2.86. The SMILES string of the molecule is Cc1nn(-c2ccccc2)c(Cl)c1C(=O)NCc1cn2cc(Cl)ccc2n1. The molecule has 0 saturated carbocycles. The molecule has 0 spiro atoms. The number of benzene rings is 1. The van der Waals surface area contributed by atoms with Crippen molar-refractivity contribution in [3.63, 3.8) is 0 Å². The van der Waals surface area contributed by atoms with Crippen LogP contribution in [0.5, 0.6) is 0 Å². The number of pyridine rings is 1. The van der Waals surface area contributed by atoms with Crippen molar-refractivity contribution >= 4 is 34.8 Å². The average molecular weight is 400 g/mol. The summed E-state index contributed by atoms with van der Waals surface area (Å²) in [6.45, 7) is 2.03. The van der Waals surface area contributed by atoms with E-state index in [1.807, 2.05) is 47.0 Å². The molecule has 3 aromatic heterocycles. The van der Waals surface area contributed by atoms with Crippen LogP contribution in [0.1, 0.15) is 21.7 Å². The first-order chi connectivity index (χ1) is 13.0. The number of carbonyl (C=O) groups is 1. The van der Waals surface area contributed by atoms with Gasteiger partial charge in [-0.25, -0.2) is 9.67 Å². The molecule has 4 rings (SSSR count). The molecule has 27 heavy (non-hydrogen) atoms. The normalized spacial score (nSPS) is 11.1. The highest BCUT2D eigenvalue weighted by Gasteiger charge is 2.21. The largest absolute Gasteiger partial charge is 0.346 e. The summed E-state index contributed by atoms with van der Waals surface area (Å²) in [5.41, 5.74) is 3.18. The zero-order valence-corrected chi connectivity index (χ0v) is 15.9. The number of hydrogen-bond donors (Lipinski definition) is 1. The lowest BCUT2D eigenvalue weighted by Gasteiger charge is -2.04. The Morgan fingerprint density at radius 1 is 1.11 bits per heavy atom. The van der Waals surface area contributed by atoms with Crippen LogP contribution in [0.4, 0.5) is 0 Å². The van der Waals surface area contributed by atoms with Crippen molar-refractivity contribution in [2.45, 2.75) is 13.5 Å². The number of halogens is 2. The van der Waals surface area contributed by atoms with Crippen molar-refractivity contribution in [1.82, 2.24) is 24.5 Å². The fourth-order valence-corrected chi connectivity index (χ4v) is 3.39. The number of hydrogen-bond acceptors (Lipinski definition) is 3. The maximum absolute atomic E-state index is 12.7. The first-order valence-electron chi connectivity index (χ1n) is 8.25. The molecule has 3 heterocycles. The second-order valence-electron chi connectivity index (χ2n) is 6.03. The van der Waals surface area contributed by atoms with Gasteiger partial charge in [0.1, 0.15) is 10.8 Å². The summed E-state index contributed by atoms with van der Waals surface area (Å²) in [4.78, 5) is 17.1. The van der Waals surface area contributed by atoms with Gasteiger partial charge in [0, 0.05) is 12.4 Å². The van der Waals surface area contributed by atoms with Crippen LogP contribution in [0.15, 0.2) is 54.9 Å². The highest BCUT2D eigenvalue weighted by molar-refractivity contribution is 6.33. The third kappa shape index (κ3) is 3.41. The monoisotopic (exact) mass is 399 g/mol. The lowest BCUT2D eigenvalue weighted by Crippen LogP contribution is -2.23. The second kappa shape index (κ2) is 7.06. The summed E-state index contributed by atoms with van der Waals surface area (Å²) in [6.07, 6.45) is 3.59. The molecule has 6 nitrogen and oxygen atoms in total. The number of aromatic nitrogens is 4. The van der Waals surface area contributed by atoms with Crippen LogP contribution in [0.25, 0.3) is 11.3 Å². The van der Waals surface area contributed by atoms with Crippen LogP contribution in [0, 0.1) is 6.92 Å². The van der Waals surface area contributed by atoms with E-state index in [1.165, 1.54) is 0 Å². The molecule has 0 unspecified atom stereocenters. The summed E-state index contributed by atoms with van der Waals surface area (Å²) in [6, 6.07) is 13.0. The lowest BCUT2D eigenvalue weighted by atomic mass is 10.2. The predicted octanol–water partition coefficient (Wildman–Crippen LogP) is 4.07. The summed E-state index contributed by atoms with van der Waals surface area (Å²) < 4.78 is 3.37. The van der Waals surface area contributed by atoms with Gasteiger partial charge in [-0.05, 0) is 31.2 Å². The third-order valence-corrected chi connectivity index (χ3v) is 4.70. The topological polar surface area (TPSA) is 64.2 Å². The number of imidazole rings is 1. The predicted molar refractivity (Wildman–Crippen MR) is 105 cm³/mol. The Morgan fingerprint density at radius 2 is 1.89 bits per heavy atom. The van der Waals surface area contributed by atoms with Crippen molar-refractivity contribution in [3.05, 3.63) is 82.0 Å². The molecule has 1 amide bonds. The molecule has 0 radical (unpaired) electrons. The molecule has 4 aromatic rings. The van der Waals surface area contributed by atoms with Gasteiger partial charge in [0.15, 0.2) is 0 Å². The maximum Gasteiger partial charge on any atom is 0.256 e. The van der Waals surface area contributed by atoms with E-state index in [-0.39, 0.29) is 17.6 Å². The number of para-hydroxylation sites is 1. The van der Waals surface area contributed by atoms with Gasteiger partial charge >= 0.3 is 0 Å². The minimum atomic E-state index is -0.297. The van der Waals surface area contributed by atoms with E-state index in [0.29, 0.717) is 16.3 Å². The quantitative estimate of drug-likeness (QED) is 0.562. The second-order valence-corrected chi connectivity index (χ2v) is 6.82. The number of nitrogens with zero attached hydrogens (tertiary/aromatic N) is 4. The maximum atomic E-state index is 12.7. The molecule has 1 aromatic carbocycles. The summed E-state index contributed by atoms with van der Waals surface area (Å²) in [5.74, 6) is -0.297. The van der Waals surface area contributed by atoms with Crippen molar-refractivity contribution in [2.75, 3.05) is 0 Å². The van der Waals surface area contributed by atoms with Gasteiger partial charge in [-0.3, -0.25) is 4.79 Å². The van der Waals surface area contributed by atoms with Gasteiger partial charge < -0.3 is 9.72 Å². The third-order valence-electron chi connectivity index (χ3n) is 4.13. The molecule has 0 fully saturated rings. The van der Waals surface area contributed by atoms with Crippen LogP contribution >= 0.6 is 23.2 Å². The molecule has 1 N–H and O–H groups in total. The molecule has 0 saturated heterocycles. The van der Waals surface area contributed by atoms with Gasteiger partial charge in [0.2, 0.25) is 0 Å². The average Bonchev–Trinajstić information content (AvgIpc) is 3.20. The van der Waals surface area contributed by atoms with E-state index in [1.54, 1.807) is 23.9 Å². The number of aryl methyl sites for hydroxylation is 1. The van der Waals surface area contributed by atoms with Crippen LogP contribution in [0.2, 0.25) is 10.2 Å². The van der Waals surface area contributed by atoms with Crippen molar-refractivity contribution in [2.24, 2.45) is 0 Å². The smallest absolute Gasteiger partial charge is 0.256 e. The Hall–Kier alpha value is -2.83. The first kappa shape index (κ1) is 17.6. The van der Waals surface area contributed by atoms with Crippen LogP contribution in [-0.4, -0.2) is 25.1 Å². The van der Waals surface area contributed by atoms with E-state index in [4.69, 9.17) is 23.2 Å². The summed E-state index contributed by atoms with van der Waals surface area (Å²) in [7, 11) is 0. The number of amides is 1. The Kier molecular flexibility index (Phi) is 4.59. The summed E-state index contributed by atoms with van der Waals surface area (Å²) in [5, 5.41) is 8.13. The van der Waals surface area contributed by atoms with E-state index < -0.39 is 0 Å². The molecule has 0 aliphatic heterocycles. The van der Waals surface area contributed by atoms with Gasteiger partial charge in [0.05, 0.1) is 34.2 Å². The molecule has 0 atom stereocenters. The van der Waals surface area contributed by atoms with Gasteiger partial charge in [-0.1, -0.05) is 41.4 Å². The van der Waals surface area contributed by atoms with Crippen LogP contribution in [0.3, 0.4) is 0 Å². The number of rotatable bonds is 4. The van der Waals surface area contributed by atoms with Gasteiger partial charge in [-0.15, -0.1) is 0 Å². The van der Waals surface area contributed by atoms with Crippen LogP contribution in [-0.2, 0) is 6.54 Å². The van der Waals surface area contributed by atoms with E-state index in [2.05, 4.69) is 15.4 Å². The zero-order chi connectivity index (χ0) is 19.0. The molecule has 0 bridgehead atoms. The minimum Gasteiger partial charge on any atom is -0.346 e. The number of carbonyl (C=O) groups excluding carboxylic acids is 1. The Labute approximate surface area is 165 Å². The Morgan fingerprint density at radius 3 is 2.67 bits per heavy atom. The van der Waals surface area contributed by atoms with E-state index in [9.17, 15) is 4.79 Å². The highest BCUT2D eigenvalue weighted by atomic mass is 35.5. The molecule has 0 aliphatic carbocycles. The zero-order valence-electron chi connectivity index (χ0n) is 14.4. The van der Waals surface area contributed by atoms with Crippen LogP contribution < -0.4 is 5.32 Å².